The van der Waals surface area contributed by atoms with Crippen LogP contribution >= 0.6 is 10.0 Å². The van der Waals surface area contributed by atoms with Crippen molar-refractivity contribution >= 4 is 33.5 Å². The van der Waals surface area contributed by atoms with E-state index in [0.717, 1.165) is 28.7 Å². The summed E-state index contributed by atoms with van der Waals surface area (Å²) in [5.41, 5.74) is 8.45. The van der Waals surface area contributed by atoms with Crippen molar-refractivity contribution in [2.75, 3.05) is 12.5 Å². The highest BCUT2D eigenvalue weighted by atomic mass is 32.3. The third-order valence-electron chi connectivity index (χ3n) is 6.20. The van der Waals surface area contributed by atoms with Gasteiger partial charge in [0.25, 0.3) is 0 Å². The number of carbonyl (C=O) groups is 1. The van der Waals surface area contributed by atoms with E-state index < -0.39 is 10.0 Å². The van der Waals surface area contributed by atoms with Gasteiger partial charge in [0.1, 0.15) is 0 Å². The third-order valence-corrected chi connectivity index (χ3v) is 9.08. The van der Waals surface area contributed by atoms with E-state index in [4.69, 9.17) is 0 Å². The number of carbonyl (C=O) groups excluding carboxylic acids is 1. The highest BCUT2D eigenvalue weighted by molar-refractivity contribution is 8.36. The first kappa shape index (κ1) is 18.2. The van der Waals surface area contributed by atoms with Gasteiger partial charge in [-0.3, -0.25) is 4.79 Å². The van der Waals surface area contributed by atoms with Crippen molar-refractivity contribution in [1.82, 2.24) is 0 Å². The van der Waals surface area contributed by atoms with Gasteiger partial charge in [0.2, 0.25) is 0 Å². The molecule has 0 unspecified atom stereocenters. The Hall–Kier alpha value is -2.84. The molecule has 0 saturated heterocycles. The molecule has 2 heteroatoms. The number of ketones is 1. The summed E-state index contributed by atoms with van der Waals surface area (Å²) in [6, 6.07) is 12.2. The van der Waals surface area contributed by atoms with Crippen LogP contribution in [0.1, 0.15) is 39.0 Å². The molecular weight excluding hydrogens is 372 g/mol. The maximum Gasteiger partial charge on any atom is 0.193 e. The molecular formula is C27H24OS. The van der Waals surface area contributed by atoms with Gasteiger partial charge in [0.15, 0.2) is 5.78 Å². The molecule has 0 N–H and O–H groups in total. The van der Waals surface area contributed by atoms with Crippen LogP contribution in [0, 0.1) is 6.92 Å². The molecule has 0 fully saturated rings. The molecule has 2 aromatic carbocycles. The first-order valence-corrected chi connectivity index (χ1v) is 12.4. The van der Waals surface area contributed by atoms with E-state index in [0.29, 0.717) is 0 Å². The van der Waals surface area contributed by atoms with E-state index in [1.807, 2.05) is 31.2 Å². The minimum atomic E-state index is -1.23. The zero-order valence-electron chi connectivity index (χ0n) is 17.1. The van der Waals surface area contributed by atoms with E-state index >= 15 is 0 Å². The van der Waals surface area contributed by atoms with Gasteiger partial charge >= 0.3 is 0 Å². The molecule has 0 saturated carbocycles. The van der Waals surface area contributed by atoms with E-state index in [1.54, 1.807) is 0 Å². The lowest BCUT2D eigenvalue weighted by molar-refractivity contribution is 0.103. The van der Waals surface area contributed by atoms with Gasteiger partial charge < -0.3 is 0 Å². The topological polar surface area (TPSA) is 17.1 Å². The number of benzene rings is 2. The second kappa shape index (κ2) is 6.33. The van der Waals surface area contributed by atoms with Crippen molar-refractivity contribution in [1.29, 1.82) is 0 Å². The highest BCUT2D eigenvalue weighted by Gasteiger charge is 2.41. The quantitative estimate of drug-likeness (QED) is 0.502. The van der Waals surface area contributed by atoms with Crippen LogP contribution in [-0.2, 0) is 0 Å². The van der Waals surface area contributed by atoms with Crippen LogP contribution in [0.25, 0.3) is 17.7 Å². The molecule has 3 aliphatic rings. The Kier molecular flexibility index (Phi) is 3.97. The molecule has 1 aliphatic heterocycles. The molecule has 0 bridgehead atoms. The number of hydrogen-bond donors (Lipinski definition) is 0. The number of hydrogen-bond acceptors (Lipinski definition) is 1. The van der Waals surface area contributed by atoms with Gasteiger partial charge in [-0.25, -0.2) is 0 Å². The Bertz CT molecular complexity index is 1230. The number of fused-ring (bicyclic) bond motifs is 4. The van der Waals surface area contributed by atoms with Crippen LogP contribution < -0.4 is 0 Å². The normalized spacial score (nSPS) is 19.4. The predicted octanol–water partition coefficient (Wildman–Crippen LogP) is 6.95. The lowest BCUT2D eigenvalue weighted by Gasteiger charge is -2.31. The zero-order valence-corrected chi connectivity index (χ0v) is 17.9. The second-order valence-electron chi connectivity index (χ2n) is 8.23. The average molecular weight is 397 g/mol. The Morgan fingerprint density at radius 3 is 2.59 bits per heavy atom. The van der Waals surface area contributed by atoms with Crippen LogP contribution in [-0.4, -0.2) is 18.3 Å². The fourth-order valence-corrected chi connectivity index (χ4v) is 7.53. The zero-order chi connectivity index (χ0) is 20.3. The minimum Gasteiger partial charge on any atom is -0.289 e. The van der Waals surface area contributed by atoms with Crippen molar-refractivity contribution in [2.45, 2.75) is 18.2 Å². The Morgan fingerprint density at radius 1 is 1.03 bits per heavy atom. The lowest BCUT2D eigenvalue weighted by Crippen LogP contribution is -2.07. The van der Waals surface area contributed by atoms with Gasteiger partial charge in [-0.1, -0.05) is 67.3 Å². The molecule has 0 amide bonds. The lowest BCUT2D eigenvalue weighted by atomic mass is 9.91. The van der Waals surface area contributed by atoms with E-state index in [2.05, 4.69) is 61.6 Å². The fraction of sp³-hybridized carbons (Fsp3) is 0.148. The summed E-state index contributed by atoms with van der Waals surface area (Å²) in [7, 11) is -1.23. The van der Waals surface area contributed by atoms with E-state index in [1.165, 1.54) is 32.1 Å². The molecule has 2 aromatic rings. The fourth-order valence-electron chi connectivity index (χ4n) is 4.69. The summed E-state index contributed by atoms with van der Waals surface area (Å²) in [4.78, 5) is 16.1. The minimum absolute atomic E-state index is 0.0804. The summed E-state index contributed by atoms with van der Waals surface area (Å²) in [6.07, 6.45) is 16.7. The van der Waals surface area contributed by atoms with Crippen LogP contribution in [0.4, 0.5) is 0 Å². The summed E-state index contributed by atoms with van der Waals surface area (Å²) in [5, 5.41) is 0. The number of aryl methyl sites for hydroxylation is 1. The number of allylic oxidation sites excluding steroid dienone is 6. The van der Waals surface area contributed by atoms with Crippen LogP contribution in [0.3, 0.4) is 0 Å². The van der Waals surface area contributed by atoms with Gasteiger partial charge in [-0.15, -0.1) is 0 Å². The summed E-state index contributed by atoms with van der Waals surface area (Å²) in [6.45, 7) is 6.38. The molecule has 2 aliphatic carbocycles. The maximum absolute atomic E-state index is 13.3. The first-order valence-electron chi connectivity index (χ1n) is 9.91. The molecule has 0 aromatic heterocycles. The van der Waals surface area contributed by atoms with Crippen molar-refractivity contribution in [2.24, 2.45) is 0 Å². The van der Waals surface area contributed by atoms with Crippen molar-refractivity contribution < 1.29 is 4.79 Å². The van der Waals surface area contributed by atoms with Crippen molar-refractivity contribution in [3.8, 4) is 0 Å². The molecule has 0 atom stereocenters. The first-order chi connectivity index (χ1) is 13.9. The molecule has 5 rings (SSSR count). The number of Topliss-reactive ketones (excluding diaryl/α,β-unsaturated/α-hetero) is 1. The molecule has 1 heterocycles. The van der Waals surface area contributed by atoms with E-state index in [9.17, 15) is 4.79 Å². The summed E-state index contributed by atoms with van der Waals surface area (Å²) >= 11 is 0. The predicted molar refractivity (Wildman–Crippen MR) is 126 cm³/mol. The van der Waals surface area contributed by atoms with Crippen LogP contribution in [0.2, 0.25) is 0 Å². The average Bonchev–Trinajstić information content (AvgIpc) is 3.02. The molecule has 144 valence electrons. The Labute approximate surface area is 174 Å². The highest BCUT2D eigenvalue weighted by Crippen LogP contribution is 2.70. The van der Waals surface area contributed by atoms with Crippen LogP contribution in [0.15, 0.2) is 82.2 Å². The standard InChI is InChI=1S/C27H24OS/c1-17-10-8-9-12-20(17)26(28)23-16-24-25(18(23)2)22-15-14-19-11-6-5-7-13-21(19)27(22)29(24,3)4/h6-16H,2,5H2,1,3-4H3. The maximum atomic E-state index is 13.3. The third kappa shape index (κ3) is 2.52. The summed E-state index contributed by atoms with van der Waals surface area (Å²) in [5.74, 6) is 0.0804. The molecule has 0 spiro atoms. The van der Waals surface area contributed by atoms with Crippen molar-refractivity contribution in [3.63, 3.8) is 0 Å². The number of rotatable bonds is 2. The Morgan fingerprint density at radius 2 is 1.79 bits per heavy atom. The largest absolute Gasteiger partial charge is 0.289 e. The smallest absolute Gasteiger partial charge is 0.193 e. The monoisotopic (exact) mass is 396 g/mol. The summed E-state index contributed by atoms with van der Waals surface area (Å²) < 4.78 is 0. The van der Waals surface area contributed by atoms with Gasteiger partial charge in [-0.05, 0) is 59.8 Å². The second-order valence-corrected chi connectivity index (χ2v) is 11.7. The molecule has 1 nitrogen and oxygen atoms in total. The van der Waals surface area contributed by atoms with E-state index in [-0.39, 0.29) is 5.78 Å². The molecule has 0 radical (unpaired) electrons. The molecule has 29 heavy (non-hydrogen) atoms. The van der Waals surface area contributed by atoms with Gasteiger partial charge in [0.05, 0.1) is 0 Å². The SMILES string of the molecule is C=C1C(C(=O)c2ccccc2C)=CC2=C1c1ccc3c(c1S2(C)C)C=CCC=C3. The van der Waals surface area contributed by atoms with Crippen molar-refractivity contribution in [3.05, 3.63) is 105 Å². The van der Waals surface area contributed by atoms with Crippen LogP contribution in [0.5, 0.6) is 0 Å². The van der Waals surface area contributed by atoms with Gasteiger partial charge in [0, 0.05) is 26.5 Å². The Balaban J connectivity index is 1.64. The van der Waals surface area contributed by atoms with Gasteiger partial charge in [-0.2, -0.15) is 10.0 Å².